The minimum absolute atomic E-state index is 0.214. The van der Waals surface area contributed by atoms with Gasteiger partial charge in [-0.15, -0.1) is 0 Å². The molecular weight excluding hydrogens is 1140 g/mol. The van der Waals surface area contributed by atoms with Crippen LogP contribution in [0.2, 0.25) is 0 Å². The molecule has 0 atom stereocenters. The van der Waals surface area contributed by atoms with E-state index in [4.69, 9.17) is 0 Å². The Morgan fingerprint density at radius 1 is 0.245 bits per heavy atom. The third-order valence-corrected chi connectivity index (χ3v) is 19.1. The van der Waals surface area contributed by atoms with Crippen LogP contribution < -0.4 is 62.2 Å². The molecule has 94 heavy (non-hydrogen) atoms. The van der Waals surface area contributed by atoms with E-state index in [2.05, 4.69) is 375 Å². The Balaban J connectivity index is 0.992. The second-order valence-corrected chi connectivity index (χ2v) is 24.3. The van der Waals surface area contributed by atoms with Gasteiger partial charge in [-0.25, -0.2) is 0 Å². The van der Waals surface area contributed by atoms with Crippen molar-refractivity contribution in [2.24, 2.45) is 0 Å². The van der Waals surface area contributed by atoms with Crippen molar-refractivity contribution in [1.82, 2.24) is 0 Å². The number of benzene rings is 14. The van der Waals surface area contributed by atoms with Crippen molar-refractivity contribution < 1.29 is 0 Å². The van der Waals surface area contributed by atoms with E-state index in [1.165, 1.54) is 32.8 Å². The van der Waals surface area contributed by atoms with Gasteiger partial charge in [-0.2, -0.15) is 5.26 Å². The summed E-state index contributed by atoms with van der Waals surface area (Å²) in [6.45, 7) is -0.459. The Morgan fingerprint density at radius 2 is 0.574 bits per heavy atom. The summed E-state index contributed by atoms with van der Waals surface area (Å²) < 4.78 is 0. The van der Waals surface area contributed by atoms with Crippen molar-refractivity contribution in [2.45, 2.75) is 0 Å². The molecule has 0 spiro atoms. The number of anilines is 18. The summed E-state index contributed by atoms with van der Waals surface area (Å²) in [5, 5.41) is 10.9. The quantitative estimate of drug-likeness (QED) is 0.120. The van der Waals surface area contributed by atoms with Gasteiger partial charge in [-0.1, -0.05) is 200 Å². The van der Waals surface area contributed by atoms with Crippen molar-refractivity contribution in [2.75, 3.05) is 29.4 Å². The van der Waals surface area contributed by atoms with Crippen molar-refractivity contribution in [3.8, 4) is 17.2 Å². The van der Waals surface area contributed by atoms with E-state index in [9.17, 15) is 5.26 Å². The number of fused-ring (bicyclic) bond motifs is 8. The lowest BCUT2D eigenvalue weighted by Crippen LogP contribution is -2.65. The van der Waals surface area contributed by atoms with Crippen LogP contribution in [0.25, 0.3) is 11.1 Å². The Kier molecular flexibility index (Phi) is 13.0. The van der Waals surface area contributed by atoms with Crippen LogP contribution >= 0.6 is 0 Å². The second-order valence-electron chi connectivity index (χ2n) is 24.3. The van der Waals surface area contributed by atoms with Crippen LogP contribution in [-0.4, -0.2) is 13.4 Å². The molecule has 9 heteroatoms. The van der Waals surface area contributed by atoms with Gasteiger partial charge < -0.3 is 29.4 Å². The molecule has 0 N–H and O–H groups in total. The zero-order valence-corrected chi connectivity index (χ0v) is 51.2. The van der Waals surface area contributed by atoms with Gasteiger partial charge in [0.15, 0.2) is 0 Å². The fourth-order valence-corrected chi connectivity index (χ4v) is 15.3. The molecule has 438 valence electrons. The van der Waals surface area contributed by atoms with Crippen molar-refractivity contribution >= 4 is 149 Å². The highest BCUT2D eigenvalue weighted by Gasteiger charge is 2.49. The molecule has 0 saturated carbocycles. The maximum Gasteiger partial charge on any atom is 0.252 e. The summed E-state index contributed by atoms with van der Waals surface area (Å²) in [4.78, 5) is 14.9. The zero-order valence-electron chi connectivity index (χ0n) is 51.2. The third kappa shape index (κ3) is 8.76. The van der Waals surface area contributed by atoms with Gasteiger partial charge in [0, 0.05) is 90.9 Å². The third-order valence-electron chi connectivity index (χ3n) is 19.1. The first-order valence-electron chi connectivity index (χ1n) is 32.1. The SMILES string of the molecule is N#Cc1ccc(N2c3cc4c(cc3B3c5ccccc5N(c5ccccc5)c5cc(N(c6ccccc6)c6ccccc6)cc2c53)B2c3ccccc3N(c3ccccc3)c3cc(N(c5ccccc5)c5ccccc5)cc(c32)N4c2ccccc2)c(-c2ccccc2)c1. The first-order valence-corrected chi connectivity index (χ1v) is 32.1. The largest absolute Gasteiger partial charge is 0.311 e. The molecule has 0 aliphatic carbocycles. The van der Waals surface area contributed by atoms with E-state index in [-0.39, 0.29) is 13.4 Å². The molecule has 0 bridgehead atoms. The Labute approximate surface area is 548 Å². The van der Waals surface area contributed by atoms with Gasteiger partial charge in [0.25, 0.3) is 13.4 Å². The monoisotopic (exact) mass is 1200 g/mol. The molecular formula is C85H57B2N7. The number of hydrogen-bond acceptors (Lipinski definition) is 7. The van der Waals surface area contributed by atoms with Gasteiger partial charge in [0.05, 0.1) is 28.7 Å². The normalized spacial score (nSPS) is 12.8. The molecule has 0 saturated heterocycles. The highest BCUT2D eigenvalue weighted by Crippen LogP contribution is 2.53. The minimum atomic E-state index is -0.245. The van der Waals surface area contributed by atoms with Crippen LogP contribution in [0.4, 0.5) is 102 Å². The lowest BCUT2D eigenvalue weighted by atomic mass is 9.30. The molecule has 4 heterocycles. The van der Waals surface area contributed by atoms with E-state index in [1.807, 2.05) is 6.07 Å². The van der Waals surface area contributed by atoms with Crippen LogP contribution in [0.3, 0.4) is 0 Å². The van der Waals surface area contributed by atoms with Crippen molar-refractivity contribution in [3.05, 3.63) is 351 Å². The highest BCUT2D eigenvalue weighted by atomic mass is 15.2. The standard InChI is InChI=1S/C85H57B2N7/c88-58-59-49-50-75(70(51-59)60-29-9-1-10-30-60)94-79-57-78-73(56-74(79)87-72-46-26-28-48-77(72)92(66-41-21-7-22-42-66)81-53-69(55-83(94)85(81)87)90(63-35-15-4-16-36-63)64-37-17-5-18-38-64)86-71-45-25-27-47-76(71)91(65-39-19-6-20-40-65)80-52-68(54-82(84(80)86)93(78)67-43-23-8-24-44-67)89(61-31-11-2-12-32-61)62-33-13-3-14-34-62/h1-57H. The molecule has 18 rings (SSSR count). The van der Waals surface area contributed by atoms with E-state index in [0.717, 1.165) is 113 Å². The Morgan fingerprint density at radius 3 is 0.968 bits per heavy atom. The molecule has 4 aliphatic rings. The van der Waals surface area contributed by atoms with E-state index in [1.54, 1.807) is 0 Å². The van der Waals surface area contributed by atoms with Crippen LogP contribution in [-0.2, 0) is 0 Å². The molecule has 0 radical (unpaired) electrons. The van der Waals surface area contributed by atoms with Gasteiger partial charge in [-0.05, 0) is 184 Å². The Hall–Kier alpha value is -12.5. The summed E-state index contributed by atoms with van der Waals surface area (Å²) >= 11 is 0. The Bertz CT molecular complexity index is 5170. The predicted octanol–water partition coefficient (Wildman–Crippen LogP) is 18.3. The molecule has 0 amide bonds. The van der Waals surface area contributed by atoms with Crippen molar-refractivity contribution in [1.29, 1.82) is 5.26 Å². The van der Waals surface area contributed by atoms with E-state index < -0.39 is 0 Å². The molecule has 14 aromatic carbocycles. The van der Waals surface area contributed by atoms with Crippen LogP contribution in [0, 0.1) is 11.3 Å². The summed E-state index contributed by atoms with van der Waals surface area (Å²) in [6.07, 6.45) is 0. The number of para-hydroxylation sites is 9. The topological polar surface area (TPSA) is 43.2 Å². The average molecular weight is 1200 g/mol. The molecule has 7 nitrogen and oxygen atoms in total. The molecule has 0 aromatic heterocycles. The number of nitrogens with zero attached hydrogens (tertiary/aromatic N) is 7. The first kappa shape index (κ1) is 54.4. The maximum atomic E-state index is 10.9. The van der Waals surface area contributed by atoms with Crippen LogP contribution in [0.1, 0.15) is 5.56 Å². The number of nitriles is 1. The number of hydrogen-bond donors (Lipinski definition) is 0. The fraction of sp³-hybridized carbons (Fsp3) is 0. The van der Waals surface area contributed by atoms with E-state index in [0.29, 0.717) is 5.56 Å². The summed E-state index contributed by atoms with van der Waals surface area (Å²) in [5.74, 6) is 0. The zero-order chi connectivity index (χ0) is 62.2. The molecule has 0 fully saturated rings. The average Bonchev–Trinajstić information content (AvgIpc) is 0.741. The number of rotatable bonds is 11. The lowest BCUT2D eigenvalue weighted by Gasteiger charge is -2.48. The van der Waals surface area contributed by atoms with Gasteiger partial charge in [0.1, 0.15) is 0 Å². The van der Waals surface area contributed by atoms with Gasteiger partial charge in [0.2, 0.25) is 0 Å². The highest BCUT2D eigenvalue weighted by molar-refractivity contribution is 7.03. The van der Waals surface area contributed by atoms with Gasteiger partial charge in [-0.3, -0.25) is 0 Å². The summed E-state index contributed by atoms with van der Waals surface area (Å²) in [5.41, 5.74) is 28.8. The molecule has 14 aromatic rings. The summed E-state index contributed by atoms with van der Waals surface area (Å²) in [6, 6.07) is 128. The molecule has 4 aliphatic heterocycles. The lowest BCUT2D eigenvalue weighted by molar-refractivity contribution is 1.21. The van der Waals surface area contributed by atoms with Gasteiger partial charge >= 0.3 is 0 Å². The van der Waals surface area contributed by atoms with E-state index >= 15 is 0 Å². The smallest absolute Gasteiger partial charge is 0.252 e. The first-order chi connectivity index (χ1) is 46.6. The van der Waals surface area contributed by atoms with Crippen molar-refractivity contribution in [3.63, 3.8) is 0 Å². The summed E-state index contributed by atoms with van der Waals surface area (Å²) in [7, 11) is 0. The predicted molar refractivity (Wildman–Crippen MR) is 394 cm³/mol. The van der Waals surface area contributed by atoms with Crippen LogP contribution in [0.15, 0.2) is 346 Å². The fourth-order valence-electron chi connectivity index (χ4n) is 15.3. The maximum absolute atomic E-state index is 10.9. The van der Waals surface area contributed by atoms with Crippen LogP contribution in [0.5, 0.6) is 0 Å². The minimum Gasteiger partial charge on any atom is -0.311 e. The second kappa shape index (κ2) is 22.5. The molecule has 0 unspecified atom stereocenters.